The number of carbonyl (C=O) groups excluding carboxylic acids is 1. The third kappa shape index (κ3) is 4.66. The number of amides is 1. The van der Waals surface area contributed by atoms with Crippen molar-refractivity contribution in [3.63, 3.8) is 0 Å². The Kier molecular flexibility index (Phi) is 5.62. The van der Waals surface area contributed by atoms with Crippen LogP contribution in [0.5, 0.6) is 0 Å². The van der Waals surface area contributed by atoms with Crippen molar-refractivity contribution < 1.29 is 13.2 Å². The van der Waals surface area contributed by atoms with Crippen molar-refractivity contribution in [3.05, 3.63) is 59.9 Å². The summed E-state index contributed by atoms with van der Waals surface area (Å²) >= 11 is 0. The molecule has 25 heavy (non-hydrogen) atoms. The van der Waals surface area contributed by atoms with E-state index < -0.39 is 20.5 Å². The fourth-order valence-corrected chi connectivity index (χ4v) is 3.96. The van der Waals surface area contributed by atoms with E-state index in [1.165, 1.54) is 6.20 Å². The summed E-state index contributed by atoms with van der Waals surface area (Å²) in [6, 6.07) is 10.1. The van der Waals surface area contributed by atoms with E-state index in [0.717, 1.165) is 5.56 Å². The average Bonchev–Trinajstić information content (AvgIpc) is 2.55. The number of carbonyl (C=O) groups is 1. The van der Waals surface area contributed by atoms with E-state index in [9.17, 15) is 13.2 Å². The molecule has 1 atom stereocenters. The van der Waals surface area contributed by atoms with Gasteiger partial charge in [-0.3, -0.25) is 9.78 Å². The van der Waals surface area contributed by atoms with E-state index >= 15 is 0 Å². The molecule has 0 saturated heterocycles. The summed E-state index contributed by atoms with van der Waals surface area (Å²) in [4.78, 5) is 16.4. The topological polar surface area (TPSA) is 76.1 Å². The van der Waals surface area contributed by atoms with Crippen LogP contribution in [0.25, 0.3) is 0 Å². The summed E-state index contributed by atoms with van der Waals surface area (Å²) in [5.41, 5.74) is 0.947. The zero-order valence-corrected chi connectivity index (χ0v) is 15.8. The summed E-state index contributed by atoms with van der Waals surface area (Å²) in [7, 11) is -3.67. The highest BCUT2D eigenvalue weighted by molar-refractivity contribution is 7.91. The van der Waals surface area contributed by atoms with Crippen LogP contribution in [-0.4, -0.2) is 25.9 Å². The van der Waals surface area contributed by atoms with Crippen molar-refractivity contribution in [2.75, 3.05) is 6.54 Å². The molecule has 1 N–H and O–H groups in total. The second-order valence-corrected chi connectivity index (χ2v) is 9.22. The second-order valence-electron chi connectivity index (χ2n) is 7.09. The number of aryl methyl sites for hydroxylation is 1. The highest BCUT2D eigenvalue weighted by Gasteiger charge is 2.31. The number of rotatable bonds is 5. The van der Waals surface area contributed by atoms with Gasteiger partial charge in [0.05, 0.1) is 4.90 Å². The zero-order valence-electron chi connectivity index (χ0n) is 15.0. The van der Waals surface area contributed by atoms with Crippen LogP contribution in [0.2, 0.25) is 0 Å². The fraction of sp³-hybridized carbons (Fsp3) is 0.368. The number of aromatic nitrogens is 1. The maximum Gasteiger partial charge on any atom is 0.225 e. The van der Waals surface area contributed by atoms with Gasteiger partial charge in [0.1, 0.15) is 5.25 Å². The number of hydrogen-bond acceptors (Lipinski definition) is 4. The first kappa shape index (κ1) is 19.1. The van der Waals surface area contributed by atoms with E-state index in [1.54, 1.807) is 63.4 Å². The lowest BCUT2D eigenvalue weighted by Gasteiger charge is -2.22. The van der Waals surface area contributed by atoms with E-state index in [-0.39, 0.29) is 17.3 Å². The lowest BCUT2D eigenvalue weighted by atomic mass is 9.95. The number of hydrogen-bond donors (Lipinski definition) is 1. The van der Waals surface area contributed by atoms with Crippen molar-refractivity contribution in [2.45, 2.75) is 37.8 Å². The molecule has 0 aliphatic carbocycles. The minimum absolute atomic E-state index is 0.00198. The van der Waals surface area contributed by atoms with Crippen molar-refractivity contribution in [1.82, 2.24) is 10.3 Å². The minimum atomic E-state index is -3.67. The molecule has 134 valence electrons. The maximum atomic E-state index is 13.1. The van der Waals surface area contributed by atoms with Crippen LogP contribution in [0, 0.1) is 12.3 Å². The molecule has 1 aromatic heterocycles. The Morgan fingerprint density at radius 1 is 1.16 bits per heavy atom. The Labute approximate surface area is 149 Å². The molecular formula is C19H24N2O3S. The number of nitrogens with zero attached hydrogens (tertiary/aromatic N) is 1. The Balaban J connectivity index is 2.38. The van der Waals surface area contributed by atoms with Crippen molar-refractivity contribution in [2.24, 2.45) is 5.41 Å². The third-order valence-electron chi connectivity index (χ3n) is 3.91. The predicted molar refractivity (Wildman–Crippen MR) is 97.8 cm³/mol. The van der Waals surface area contributed by atoms with Gasteiger partial charge in [-0.15, -0.1) is 0 Å². The van der Waals surface area contributed by atoms with E-state index in [2.05, 4.69) is 10.3 Å². The van der Waals surface area contributed by atoms with Gasteiger partial charge in [-0.05, 0) is 30.7 Å². The van der Waals surface area contributed by atoms with Gasteiger partial charge in [0, 0.05) is 24.4 Å². The standard InChI is InChI=1S/C19H24N2O3S/c1-14-7-9-16(10-8-14)25(23,24)17(15-6-5-11-20-12-15)13-21-18(22)19(2,3)4/h5-12,17H,13H2,1-4H3,(H,21,22)/t17-/m1/s1. The predicted octanol–water partition coefficient (Wildman–Crippen LogP) is 3.07. The summed E-state index contributed by atoms with van der Waals surface area (Å²) < 4.78 is 26.3. The highest BCUT2D eigenvalue weighted by atomic mass is 32.2. The molecule has 1 amide bonds. The molecule has 0 saturated carbocycles. The van der Waals surface area contributed by atoms with Crippen LogP contribution in [0.3, 0.4) is 0 Å². The first-order valence-electron chi connectivity index (χ1n) is 8.11. The molecular weight excluding hydrogens is 336 g/mol. The summed E-state index contributed by atoms with van der Waals surface area (Å²) in [6.07, 6.45) is 3.12. The molecule has 5 nitrogen and oxygen atoms in total. The second kappa shape index (κ2) is 7.35. The van der Waals surface area contributed by atoms with E-state index in [0.29, 0.717) is 5.56 Å². The molecule has 0 radical (unpaired) electrons. The van der Waals surface area contributed by atoms with Gasteiger partial charge in [0.15, 0.2) is 9.84 Å². The molecule has 6 heteroatoms. The molecule has 1 aromatic carbocycles. The van der Waals surface area contributed by atoms with Crippen molar-refractivity contribution in [1.29, 1.82) is 0 Å². The number of nitrogens with one attached hydrogen (secondary N) is 1. The van der Waals surface area contributed by atoms with Gasteiger partial charge >= 0.3 is 0 Å². The Bertz CT molecular complexity index is 823. The Hall–Kier alpha value is -2.21. The van der Waals surface area contributed by atoms with Crippen molar-refractivity contribution >= 4 is 15.7 Å². The van der Waals surface area contributed by atoms with Crippen molar-refractivity contribution in [3.8, 4) is 0 Å². The molecule has 0 aliphatic rings. The lowest BCUT2D eigenvalue weighted by Crippen LogP contribution is -2.38. The van der Waals surface area contributed by atoms with Gasteiger partial charge in [-0.1, -0.05) is 44.5 Å². The summed E-state index contributed by atoms with van der Waals surface area (Å²) in [6.45, 7) is 7.26. The monoisotopic (exact) mass is 360 g/mol. The first-order valence-corrected chi connectivity index (χ1v) is 9.66. The first-order chi connectivity index (χ1) is 11.6. The van der Waals surface area contributed by atoms with Crippen LogP contribution in [-0.2, 0) is 14.6 Å². The molecule has 2 aromatic rings. The molecule has 2 rings (SSSR count). The minimum Gasteiger partial charge on any atom is -0.354 e. The summed E-state index contributed by atoms with van der Waals surface area (Å²) in [5.74, 6) is -0.194. The average molecular weight is 360 g/mol. The van der Waals surface area contributed by atoms with Gasteiger partial charge in [0.2, 0.25) is 5.91 Å². The molecule has 0 spiro atoms. The Morgan fingerprint density at radius 2 is 1.80 bits per heavy atom. The molecule has 0 fully saturated rings. The van der Waals surface area contributed by atoms with Crippen LogP contribution >= 0.6 is 0 Å². The van der Waals surface area contributed by atoms with Gasteiger partial charge < -0.3 is 5.32 Å². The van der Waals surface area contributed by atoms with Gasteiger partial charge in [-0.25, -0.2) is 8.42 Å². The molecule has 0 bridgehead atoms. The summed E-state index contributed by atoms with van der Waals surface area (Å²) in [5, 5.41) is 1.87. The zero-order chi connectivity index (χ0) is 18.7. The number of sulfone groups is 1. The van der Waals surface area contributed by atoms with Crippen LogP contribution < -0.4 is 5.32 Å². The van der Waals surface area contributed by atoms with E-state index in [4.69, 9.17) is 0 Å². The SMILES string of the molecule is Cc1ccc(S(=O)(=O)[C@H](CNC(=O)C(C)(C)C)c2cccnc2)cc1. The molecule has 1 heterocycles. The highest BCUT2D eigenvalue weighted by Crippen LogP contribution is 2.28. The maximum absolute atomic E-state index is 13.1. The normalized spacial score (nSPS) is 13.3. The van der Waals surface area contributed by atoms with E-state index in [1.807, 2.05) is 6.92 Å². The third-order valence-corrected chi connectivity index (χ3v) is 6.03. The number of benzene rings is 1. The Morgan fingerprint density at radius 3 is 2.32 bits per heavy atom. The molecule has 0 unspecified atom stereocenters. The van der Waals surface area contributed by atoms with Gasteiger partial charge in [-0.2, -0.15) is 0 Å². The smallest absolute Gasteiger partial charge is 0.225 e. The van der Waals surface area contributed by atoms with Crippen LogP contribution in [0.1, 0.15) is 37.1 Å². The fourth-order valence-electron chi connectivity index (χ4n) is 2.32. The van der Waals surface area contributed by atoms with Gasteiger partial charge in [0.25, 0.3) is 0 Å². The quantitative estimate of drug-likeness (QED) is 0.889. The van der Waals surface area contributed by atoms with Crippen LogP contribution in [0.4, 0.5) is 0 Å². The largest absolute Gasteiger partial charge is 0.354 e. The van der Waals surface area contributed by atoms with Crippen LogP contribution in [0.15, 0.2) is 53.7 Å². The number of pyridine rings is 1. The molecule has 0 aliphatic heterocycles. The lowest BCUT2D eigenvalue weighted by molar-refractivity contribution is -0.128.